The molecule has 1 aliphatic heterocycles. The Balaban J connectivity index is 1.83. The minimum absolute atomic E-state index is 0.742. The number of nitrogens with one attached hydrogen (secondary N) is 1. The summed E-state index contributed by atoms with van der Waals surface area (Å²) >= 11 is 0. The lowest BCUT2D eigenvalue weighted by Crippen LogP contribution is -2.51. The lowest BCUT2D eigenvalue weighted by atomic mass is 9.82. The molecule has 0 aromatic heterocycles. The van der Waals surface area contributed by atoms with E-state index in [4.69, 9.17) is 0 Å². The second-order valence-electron chi connectivity index (χ2n) is 6.91. The van der Waals surface area contributed by atoms with Crippen molar-refractivity contribution in [2.45, 2.75) is 58.9 Å². The highest BCUT2D eigenvalue weighted by Gasteiger charge is 2.30. The Labute approximate surface area is 114 Å². The largest absolute Gasteiger partial charge is 0.313 e. The van der Waals surface area contributed by atoms with Crippen LogP contribution in [0.1, 0.15) is 52.9 Å². The molecule has 1 N–H and O–H groups in total. The molecule has 2 atom stereocenters. The summed E-state index contributed by atoms with van der Waals surface area (Å²) in [6.45, 7) is 12.3. The van der Waals surface area contributed by atoms with Gasteiger partial charge >= 0.3 is 0 Å². The molecule has 0 amide bonds. The monoisotopic (exact) mass is 252 g/mol. The molecule has 106 valence electrons. The Bertz CT molecular complexity index is 235. The predicted octanol–water partition coefficient (Wildman–Crippen LogP) is 3.13. The molecule has 18 heavy (non-hydrogen) atoms. The third-order valence-electron chi connectivity index (χ3n) is 4.93. The van der Waals surface area contributed by atoms with Crippen molar-refractivity contribution >= 4 is 0 Å². The minimum Gasteiger partial charge on any atom is -0.313 e. The number of hydrogen-bond acceptors (Lipinski definition) is 2. The Kier molecular flexibility index (Phi) is 5.50. The zero-order chi connectivity index (χ0) is 13.0. The van der Waals surface area contributed by atoms with Crippen molar-refractivity contribution in [2.75, 3.05) is 26.2 Å². The summed E-state index contributed by atoms with van der Waals surface area (Å²) in [5.74, 6) is 2.75. The first-order valence-corrected chi connectivity index (χ1v) is 8.14. The molecule has 1 saturated heterocycles. The summed E-state index contributed by atoms with van der Waals surface area (Å²) in [6, 6.07) is 0.742. The summed E-state index contributed by atoms with van der Waals surface area (Å²) in [7, 11) is 0. The van der Waals surface area contributed by atoms with Gasteiger partial charge in [0.15, 0.2) is 0 Å². The predicted molar refractivity (Wildman–Crippen MR) is 78.8 cm³/mol. The topological polar surface area (TPSA) is 15.3 Å². The molecule has 0 spiro atoms. The molecule has 2 unspecified atom stereocenters. The van der Waals surface area contributed by atoms with Gasteiger partial charge in [0.05, 0.1) is 0 Å². The molecule has 0 radical (unpaired) electrons. The second kappa shape index (κ2) is 6.91. The Morgan fingerprint density at radius 3 is 2.56 bits per heavy atom. The number of nitrogens with zero attached hydrogens (tertiary/aromatic N) is 1. The Hall–Kier alpha value is -0.0800. The Morgan fingerprint density at radius 2 is 2.00 bits per heavy atom. The number of piperidine rings is 1. The highest BCUT2D eigenvalue weighted by Crippen LogP contribution is 2.30. The second-order valence-corrected chi connectivity index (χ2v) is 6.91. The van der Waals surface area contributed by atoms with Gasteiger partial charge in [0.2, 0.25) is 0 Å². The van der Waals surface area contributed by atoms with Crippen molar-refractivity contribution in [2.24, 2.45) is 17.8 Å². The van der Waals surface area contributed by atoms with Crippen molar-refractivity contribution in [1.82, 2.24) is 10.2 Å². The van der Waals surface area contributed by atoms with E-state index in [1.165, 1.54) is 58.3 Å². The molecule has 2 nitrogen and oxygen atoms in total. The summed E-state index contributed by atoms with van der Waals surface area (Å²) in [5.41, 5.74) is 0. The zero-order valence-corrected chi connectivity index (χ0v) is 12.6. The maximum Gasteiger partial charge on any atom is 0.0198 e. The summed E-state index contributed by atoms with van der Waals surface area (Å²) < 4.78 is 0. The van der Waals surface area contributed by atoms with Crippen molar-refractivity contribution in [1.29, 1.82) is 0 Å². The third-order valence-corrected chi connectivity index (χ3v) is 4.93. The van der Waals surface area contributed by atoms with Crippen molar-refractivity contribution in [3.63, 3.8) is 0 Å². The highest BCUT2D eigenvalue weighted by atomic mass is 15.2. The molecule has 0 aromatic rings. The van der Waals surface area contributed by atoms with E-state index in [2.05, 4.69) is 31.0 Å². The van der Waals surface area contributed by atoms with Crippen LogP contribution >= 0.6 is 0 Å². The van der Waals surface area contributed by atoms with Gasteiger partial charge in [-0.05, 0) is 50.0 Å². The van der Waals surface area contributed by atoms with Gasteiger partial charge in [-0.1, -0.05) is 27.2 Å². The quantitative estimate of drug-likeness (QED) is 0.781. The van der Waals surface area contributed by atoms with Crippen LogP contribution < -0.4 is 5.32 Å². The fourth-order valence-electron chi connectivity index (χ4n) is 3.40. The smallest absolute Gasteiger partial charge is 0.0198 e. The van der Waals surface area contributed by atoms with Crippen LogP contribution in [0.3, 0.4) is 0 Å². The maximum atomic E-state index is 3.75. The molecule has 1 heterocycles. The van der Waals surface area contributed by atoms with Gasteiger partial charge in [-0.3, -0.25) is 0 Å². The molecule has 2 fully saturated rings. The summed E-state index contributed by atoms with van der Waals surface area (Å²) in [4.78, 5) is 2.76. The van der Waals surface area contributed by atoms with Crippen molar-refractivity contribution < 1.29 is 0 Å². The summed E-state index contributed by atoms with van der Waals surface area (Å²) in [6.07, 6.45) is 7.08. The molecule has 2 rings (SSSR count). The van der Waals surface area contributed by atoms with Crippen molar-refractivity contribution in [3.05, 3.63) is 0 Å². The fraction of sp³-hybridized carbons (Fsp3) is 1.00. The van der Waals surface area contributed by atoms with Crippen LogP contribution in [0, 0.1) is 17.8 Å². The fourth-order valence-corrected chi connectivity index (χ4v) is 3.40. The van der Waals surface area contributed by atoms with Crippen LogP contribution in [0.15, 0.2) is 0 Å². The zero-order valence-electron chi connectivity index (χ0n) is 12.6. The van der Waals surface area contributed by atoms with Gasteiger partial charge in [0, 0.05) is 25.7 Å². The average molecular weight is 252 g/mol. The van der Waals surface area contributed by atoms with E-state index < -0.39 is 0 Å². The minimum atomic E-state index is 0.742. The summed E-state index contributed by atoms with van der Waals surface area (Å²) in [5, 5.41) is 3.75. The van der Waals surface area contributed by atoms with Crippen LogP contribution in [0.25, 0.3) is 0 Å². The molecule has 0 bridgehead atoms. The van der Waals surface area contributed by atoms with E-state index in [1.807, 2.05) is 0 Å². The first-order chi connectivity index (χ1) is 8.69. The van der Waals surface area contributed by atoms with Crippen LogP contribution in [0.4, 0.5) is 0 Å². The van der Waals surface area contributed by atoms with Crippen LogP contribution in [-0.2, 0) is 0 Å². The van der Waals surface area contributed by atoms with E-state index in [0.717, 1.165) is 23.8 Å². The maximum absolute atomic E-state index is 3.75. The van der Waals surface area contributed by atoms with E-state index >= 15 is 0 Å². The molecule has 1 aliphatic carbocycles. The molecule has 0 aromatic carbocycles. The number of hydrogen-bond donors (Lipinski definition) is 1. The standard InChI is InChI=1S/C16H32N2/c1-4-8-17-16-9-15(13(2)3)11-18(12-16)10-14-6-5-7-14/h13-17H,4-12H2,1-3H3. The van der Waals surface area contributed by atoms with E-state index in [0.29, 0.717) is 0 Å². The molecule has 1 saturated carbocycles. The van der Waals surface area contributed by atoms with Gasteiger partial charge in [-0.2, -0.15) is 0 Å². The van der Waals surface area contributed by atoms with Gasteiger partial charge in [-0.25, -0.2) is 0 Å². The molecular formula is C16H32N2. The third kappa shape index (κ3) is 3.96. The Morgan fingerprint density at radius 1 is 1.22 bits per heavy atom. The molecular weight excluding hydrogens is 220 g/mol. The lowest BCUT2D eigenvalue weighted by molar-refractivity contribution is 0.0848. The molecule has 2 aliphatic rings. The highest BCUT2D eigenvalue weighted by molar-refractivity contribution is 4.86. The van der Waals surface area contributed by atoms with E-state index in [1.54, 1.807) is 0 Å². The van der Waals surface area contributed by atoms with Gasteiger partial charge < -0.3 is 10.2 Å². The number of rotatable bonds is 6. The van der Waals surface area contributed by atoms with Crippen LogP contribution in [0.5, 0.6) is 0 Å². The first-order valence-electron chi connectivity index (χ1n) is 8.14. The van der Waals surface area contributed by atoms with Crippen LogP contribution in [0.2, 0.25) is 0 Å². The van der Waals surface area contributed by atoms with E-state index in [9.17, 15) is 0 Å². The first kappa shape index (κ1) is 14.3. The van der Waals surface area contributed by atoms with Gasteiger partial charge in [0.1, 0.15) is 0 Å². The van der Waals surface area contributed by atoms with Crippen LogP contribution in [-0.4, -0.2) is 37.1 Å². The van der Waals surface area contributed by atoms with Crippen molar-refractivity contribution in [3.8, 4) is 0 Å². The molecule has 2 heteroatoms. The average Bonchev–Trinajstić information content (AvgIpc) is 2.31. The van der Waals surface area contributed by atoms with E-state index in [-0.39, 0.29) is 0 Å². The van der Waals surface area contributed by atoms with Gasteiger partial charge in [0.25, 0.3) is 0 Å². The number of likely N-dealkylation sites (tertiary alicyclic amines) is 1. The lowest BCUT2D eigenvalue weighted by Gasteiger charge is -2.42. The normalized spacial score (nSPS) is 30.7. The van der Waals surface area contributed by atoms with Gasteiger partial charge in [-0.15, -0.1) is 0 Å². The SMILES string of the molecule is CCCNC1CC(C(C)C)CN(CC2CCC2)C1.